The zero-order valence-electron chi connectivity index (χ0n) is 10.3. The van der Waals surface area contributed by atoms with Crippen LogP contribution in [-0.2, 0) is 4.74 Å². The molecule has 0 heterocycles. The molecule has 4 unspecified atom stereocenters. The van der Waals surface area contributed by atoms with E-state index in [1.54, 1.807) is 0 Å². The second kappa shape index (κ2) is 4.63. The molecule has 1 aliphatic carbocycles. The van der Waals surface area contributed by atoms with E-state index in [1.807, 2.05) is 0 Å². The van der Waals surface area contributed by atoms with E-state index in [9.17, 15) is 0 Å². The third kappa shape index (κ3) is 1.96. The first-order chi connectivity index (χ1) is 6.58. The van der Waals surface area contributed by atoms with Gasteiger partial charge in [0.2, 0.25) is 0 Å². The molecule has 0 aromatic heterocycles. The number of hydrogen-bond donors (Lipinski definition) is 1. The summed E-state index contributed by atoms with van der Waals surface area (Å²) in [4.78, 5) is 0. The third-order valence-electron chi connectivity index (χ3n) is 4.06. The third-order valence-corrected chi connectivity index (χ3v) is 4.06. The van der Waals surface area contributed by atoms with Crippen LogP contribution >= 0.6 is 0 Å². The summed E-state index contributed by atoms with van der Waals surface area (Å²) in [6.45, 7) is 8.95. The molecular formula is C12H25NO. The predicted octanol–water partition coefficient (Wildman–Crippen LogP) is 2.58. The van der Waals surface area contributed by atoms with E-state index in [0.29, 0.717) is 23.7 Å². The lowest BCUT2D eigenvalue weighted by Crippen LogP contribution is -2.61. The highest BCUT2D eigenvalue weighted by Gasteiger charge is 2.50. The standard InChI is InChI=1S/C12H25NO/c1-6-9(3)14-11-8-10(13-5)12(11,4)7-2/h9-11,13H,6-8H2,1-5H3. The summed E-state index contributed by atoms with van der Waals surface area (Å²) in [7, 11) is 2.05. The SMILES string of the molecule is CCC(C)OC1CC(NC)C1(C)CC. The van der Waals surface area contributed by atoms with Crippen LogP contribution in [-0.4, -0.2) is 25.3 Å². The van der Waals surface area contributed by atoms with E-state index < -0.39 is 0 Å². The van der Waals surface area contributed by atoms with Crippen LogP contribution in [0, 0.1) is 5.41 Å². The van der Waals surface area contributed by atoms with Crippen LogP contribution in [0.2, 0.25) is 0 Å². The smallest absolute Gasteiger partial charge is 0.0662 e. The Bertz CT molecular complexity index is 183. The Morgan fingerprint density at radius 3 is 2.57 bits per heavy atom. The van der Waals surface area contributed by atoms with Gasteiger partial charge in [0, 0.05) is 11.5 Å². The molecule has 1 N–H and O–H groups in total. The van der Waals surface area contributed by atoms with Gasteiger partial charge in [-0.1, -0.05) is 20.8 Å². The van der Waals surface area contributed by atoms with Gasteiger partial charge in [0.1, 0.15) is 0 Å². The van der Waals surface area contributed by atoms with Gasteiger partial charge in [0.05, 0.1) is 12.2 Å². The van der Waals surface area contributed by atoms with Crippen LogP contribution in [0.3, 0.4) is 0 Å². The fraction of sp³-hybridized carbons (Fsp3) is 1.00. The van der Waals surface area contributed by atoms with Crippen LogP contribution in [0.5, 0.6) is 0 Å². The maximum absolute atomic E-state index is 6.03. The molecule has 0 radical (unpaired) electrons. The number of ether oxygens (including phenoxy) is 1. The molecule has 0 aromatic carbocycles. The van der Waals surface area contributed by atoms with Crippen molar-refractivity contribution >= 4 is 0 Å². The second-order valence-electron chi connectivity index (χ2n) is 4.78. The molecule has 0 aromatic rings. The highest BCUT2D eigenvalue weighted by atomic mass is 16.5. The van der Waals surface area contributed by atoms with Gasteiger partial charge in [-0.25, -0.2) is 0 Å². The molecule has 2 nitrogen and oxygen atoms in total. The van der Waals surface area contributed by atoms with Gasteiger partial charge in [-0.15, -0.1) is 0 Å². The largest absolute Gasteiger partial charge is 0.375 e. The monoisotopic (exact) mass is 199 g/mol. The summed E-state index contributed by atoms with van der Waals surface area (Å²) in [6, 6.07) is 0.640. The highest BCUT2D eigenvalue weighted by Crippen LogP contribution is 2.46. The Morgan fingerprint density at radius 1 is 1.50 bits per heavy atom. The molecule has 1 aliphatic rings. The number of nitrogens with one attached hydrogen (secondary N) is 1. The van der Waals surface area contributed by atoms with Crippen molar-refractivity contribution in [2.75, 3.05) is 7.05 Å². The fourth-order valence-electron chi connectivity index (χ4n) is 2.33. The first-order valence-corrected chi connectivity index (χ1v) is 5.91. The average Bonchev–Trinajstić information content (AvgIpc) is 2.21. The summed E-state index contributed by atoms with van der Waals surface area (Å²) >= 11 is 0. The zero-order chi connectivity index (χ0) is 10.8. The maximum atomic E-state index is 6.03. The minimum atomic E-state index is 0.345. The van der Waals surface area contributed by atoms with Gasteiger partial charge < -0.3 is 10.1 Å². The first kappa shape index (κ1) is 12.0. The molecule has 0 spiro atoms. The van der Waals surface area contributed by atoms with Crippen molar-refractivity contribution in [1.82, 2.24) is 5.32 Å². The fourth-order valence-corrected chi connectivity index (χ4v) is 2.33. The molecular weight excluding hydrogens is 174 g/mol. The number of rotatable bonds is 5. The Kier molecular flexibility index (Phi) is 3.96. The van der Waals surface area contributed by atoms with Crippen molar-refractivity contribution in [3.8, 4) is 0 Å². The molecule has 0 bridgehead atoms. The Morgan fingerprint density at radius 2 is 2.14 bits per heavy atom. The molecule has 0 saturated heterocycles. The van der Waals surface area contributed by atoms with Crippen molar-refractivity contribution in [3.05, 3.63) is 0 Å². The lowest BCUT2D eigenvalue weighted by molar-refractivity contribution is -0.151. The second-order valence-corrected chi connectivity index (χ2v) is 4.78. The highest BCUT2D eigenvalue weighted by molar-refractivity contribution is 5.04. The predicted molar refractivity (Wildman–Crippen MR) is 60.5 cm³/mol. The van der Waals surface area contributed by atoms with Crippen LogP contribution < -0.4 is 5.32 Å². The van der Waals surface area contributed by atoms with Gasteiger partial charge >= 0.3 is 0 Å². The summed E-state index contributed by atoms with van der Waals surface area (Å²) in [6.07, 6.45) is 4.34. The van der Waals surface area contributed by atoms with Gasteiger partial charge in [-0.05, 0) is 33.2 Å². The molecule has 0 amide bonds. The lowest BCUT2D eigenvalue weighted by atomic mass is 9.61. The average molecular weight is 199 g/mol. The van der Waals surface area contributed by atoms with E-state index in [-0.39, 0.29) is 0 Å². The first-order valence-electron chi connectivity index (χ1n) is 5.91. The van der Waals surface area contributed by atoms with Crippen molar-refractivity contribution in [2.24, 2.45) is 5.41 Å². The van der Waals surface area contributed by atoms with E-state index in [2.05, 4.69) is 40.1 Å². The van der Waals surface area contributed by atoms with Gasteiger partial charge in [0.25, 0.3) is 0 Å². The normalized spacial score (nSPS) is 39.2. The van der Waals surface area contributed by atoms with E-state index in [1.165, 1.54) is 12.8 Å². The van der Waals surface area contributed by atoms with Crippen LogP contribution in [0.1, 0.15) is 47.0 Å². The van der Waals surface area contributed by atoms with Crippen LogP contribution in [0.15, 0.2) is 0 Å². The molecule has 4 atom stereocenters. The maximum Gasteiger partial charge on any atom is 0.0662 e. The van der Waals surface area contributed by atoms with Gasteiger partial charge in [-0.3, -0.25) is 0 Å². The van der Waals surface area contributed by atoms with Gasteiger partial charge in [-0.2, -0.15) is 0 Å². The zero-order valence-corrected chi connectivity index (χ0v) is 10.3. The van der Waals surface area contributed by atoms with Crippen LogP contribution in [0.25, 0.3) is 0 Å². The van der Waals surface area contributed by atoms with Gasteiger partial charge in [0.15, 0.2) is 0 Å². The Balaban J connectivity index is 2.49. The molecule has 1 rings (SSSR count). The minimum Gasteiger partial charge on any atom is -0.375 e. The lowest BCUT2D eigenvalue weighted by Gasteiger charge is -2.54. The molecule has 14 heavy (non-hydrogen) atoms. The topological polar surface area (TPSA) is 21.3 Å². The minimum absolute atomic E-state index is 0.345. The van der Waals surface area contributed by atoms with E-state index in [4.69, 9.17) is 4.74 Å². The Labute approximate surface area is 88.4 Å². The Hall–Kier alpha value is -0.0800. The van der Waals surface area contributed by atoms with E-state index >= 15 is 0 Å². The van der Waals surface area contributed by atoms with Crippen molar-refractivity contribution in [2.45, 2.75) is 65.2 Å². The molecule has 0 aliphatic heterocycles. The van der Waals surface area contributed by atoms with Crippen LogP contribution in [0.4, 0.5) is 0 Å². The molecule has 1 fully saturated rings. The van der Waals surface area contributed by atoms with Crippen molar-refractivity contribution < 1.29 is 4.74 Å². The van der Waals surface area contributed by atoms with E-state index in [0.717, 1.165) is 6.42 Å². The summed E-state index contributed by atoms with van der Waals surface area (Å²) in [5.41, 5.74) is 0.345. The quantitative estimate of drug-likeness (QED) is 0.735. The number of hydrogen-bond acceptors (Lipinski definition) is 2. The molecule has 1 saturated carbocycles. The van der Waals surface area contributed by atoms with Crippen molar-refractivity contribution in [1.29, 1.82) is 0 Å². The summed E-state index contributed by atoms with van der Waals surface area (Å²) in [5, 5.41) is 3.38. The van der Waals surface area contributed by atoms with Crippen molar-refractivity contribution in [3.63, 3.8) is 0 Å². The molecule has 84 valence electrons. The summed E-state index contributed by atoms with van der Waals surface area (Å²) < 4.78 is 6.03. The molecule has 2 heteroatoms. The summed E-state index contributed by atoms with van der Waals surface area (Å²) in [5.74, 6) is 0.